The quantitative estimate of drug-likeness (QED) is 0.699. The van der Waals surface area contributed by atoms with Crippen molar-refractivity contribution >= 4 is 0 Å². The van der Waals surface area contributed by atoms with Crippen LogP contribution in [0.5, 0.6) is 17.2 Å². The number of phenolic OH excluding ortho intramolecular Hbond substituents is 2. The molecule has 0 fully saturated rings. The molecule has 0 saturated heterocycles. The first kappa shape index (κ1) is 12.4. The molecule has 1 heterocycles. The molecule has 1 aliphatic heterocycles. The van der Waals surface area contributed by atoms with Gasteiger partial charge < -0.3 is 14.9 Å². The molecule has 0 bridgehead atoms. The Morgan fingerprint density at radius 3 is 2.74 bits per heavy atom. The van der Waals surface area contributed by atoms with Crippen molar-refractivity contribution in [2.45, 2.75) is 45.1 Å². The van der Waals surface area contributed by atoms with E-state index >= 15 is 0 Å². The third-order valence-corrected chi connectivity index (χ3v) is 4.49. The minimum Gasteiger partial charge on any atom is -0.508 e. The van der Waals surface area contributed by atoms with E-state index in [9.17, 15) is 10.2 Å². The van der Waals surface area contributed by atoms with E-state index in [0.29, 0.717) is 11.7 Å². The van der Waals surface area contributed by atoms with Crippen LogP contribution in [0, 0.1) is 5.92 Å². The van der Waals surface area contributed by atoms with E-state index in [1.54, 1.807) is 6.07 Å². The monoisotopic (exact) mass is 260 g/mol. The molecule has 1 aromatic rings. The van der Waals surface area contributed by atoms with Crippen LogP contribution in [-0.4, -0.2) is 15.8 Å². The van der Waals surface area contributed by atoms with Crippen molar-refractivity contribution in [3.05, 3.63) is 29.3 Å². The lowest BCUT2D eigenvalue weighted by Gasteiger charge is -2.46. The van der Waals surface area contributed by atoms with Crippen LogP contribution < -0.4 is 4.74 Å². The number of allylic oxidation sites excluding steroid dienone is 2. The molecule has 0 aromatic heterocycles. The number of hydrogen-bond acceptors (Lipinski definition) is 3. The normalized spacial score (nSPS) is 27.8. The molecule has 3 nitrogen and oxygen atoms in total. The molecule has 1 aliphatic carbocycles. The Bertz CT molecular complexity index is 557. The predicted octanol–water partition coefficient (Wildman–Crippen LogP) is 3.71. The molecule has 2 atom stereocenters. The Balaban J connectivity index is 2.17. The van der Waals surface area contributed by atoms with E-state index in [4.69, 9.17) is 4.74 Å². The third-order valence-electron chi connectivity index (χ3n) is 4.49. The molecule has 3 rings (SSSR count). The standard InChI is InChI=1S/C16H20O3/c1-9-4-5-12-11(6-9)15-13(18)7-10(17)8-14(15)19-16(12,2)3/h4,7-8,11-12,17-18H,5-6H2,1-3H3/t11?,12-/m1/s1. The lowest BCUT2D eigenvalue weighted by Crippen LogP contribution is -2.45. The van der Waals surface area contributed by atoms with E-state index in [0.717, 1.165) is 18.4 Å². The predicted molar refractivity (Wildman–Crippen MR) is 73.7 cm³/mol. The second-order valence-corrected chi connectivity index (χ2v) is 6.29. The number of hydrogen-bond donors (Lipinski definition) is 2. The molecule has 0 spiro atoms. The molecule has 1 aromatic carbocycles. The van der Waals surface area contributed by atoms with Crippen LogP contribution in [0.3, 0.4) is 0 Å². The SMILES string of the molecule is CC1=CC[C@@H]2C(C1)c1c(O)cc(O)cc1OC2(C)C. The zero-order valence-electron chi connectivity index (χ0n) is 11.6. The second-order valence-electron chi connectivity index (χ2n) is 6.29. The van der Waals surface area contributed by atoms with Gasteiger partial charge in [0.25, 0.3) is 0 Å². The van der Waals surface area contributed by atoms with E-state index in [2.05, 4.69) is 26.8 Å². The van der Waals surface area contributed by atoms with Crippen LogP contribution in [0.1, 0.15) is 45.1 Å². The zero-order chi connectivity index (χ0) is 13.8. The molecule has 2 aliphatic rings. The Kier molecular flexibility index (Phi) is 2.56. The van der Waals surface area contributed by atoms with E-state index in [1.165, 1.54) is 11.6 Å². The number of ether oxygens (including phenoxy) is 1. The Labute approximate surface area is 113 Å². The van der Waals surface area contributed by atoms with Gasteiger partial charge in [0.05, 0.1) is 0 Å². The average molecular weight is 260 g/mol. The van der Waals surface area contributed by atoms with Crippen molar-refractivity contribution in [2.75, 3.05) is 0 Å². The fraction of sp³-hybridized carbons (Fsp3) is 0.500. The first-order chi connectivity index (χ1) is 8.88. The molecule has 2 N–H and O–H groups in total. The van der Waals surface area contributed by atoms with Crippen molar-refractivity contribution in [1.29, 1.82) is 0 Å². The lowest BCUT2D eigenvalue weighted by molar-refractivity contribution is 0.00741. The number of rotatable bonds is 0. The average Bonchev–Trinajstić information content (AvgIpc) is 2.25. The maximum atomic E-state index is 10.2. The minimum atomic E-state index is -0.283. The molecule has 0 saturated carbocycles. The molecule has 0 amide bonds. The van der Waals surface area contributed by atoms with Gasteiger partial charge in [0, 0.05) is 29.5 Å². The summed E-state index contributed by atoms with van der Waals surface area (Å²) in [4.78, 5) is 0. The maximum Gasteiger partial charge on any atom is 0.131 e. The van der Waals surface area contributed by atoms with Crippen molar-refractivity contribution in [1.82, 2.24) is 0 Å². The van der Waals surface area contributed by atoms with Gasteiger partial charge >= 0.3 is 0 Å². The van der Waals surface area contributed by atoms with Crippen LogP contribution in [0.2, 0.25) is 0 Å². The van der Waals surface area contributed by atoms with Crippen LogP contribution in [0.15, 0.2) is 23.8 Å². The van der Waals surface area contributed by atoms with Crippen LogP contribution >= 0.6 is 0 Å². The maximum absolute atomic E-state index is 10.2. The Morgan fingerprint density at radius 2 is 2.00 bits per heavy atom. The zero-order valence-corrected chi connectivity index (χ0v) is 11.6. The van der Waals surface area contributed by atoms with Gasteiger partial charge in [0.2, 0.25) is 0 Å². The van der Waals surface area contributed by atoms with E-state index in [1.807, 2.05) is 0 Å². The molecular weight excluding hydrogens is 240 g/mol. The number of benzene rings is 1. The summed E-state index contributed by atoms with van der Waals surface area (Å²) < 4.78 is 6.04. The minimum absolute atomic E-state index is 0.0496. The second kappa shape index (κ2) is 3.92. The molecule has 19 heavy (non-hydrogen) atoms. The highest BCUT2D eigenvalue weighted by molar-refractivity contribution is 5.54. The molecular formula is C16H20O3. The fourth-order valence-electron chi connectivity index (χ4n) is 3.55. The summed E-state index contributed by atoms with van der Waals surface area (Å²) >= 11 is 0. The van der Waals surface area contributed by atoms with Gasteiger partial charge in [0.15, 0.2) is 0 Å². The summed E-state index contributed by atoms with van der Waals surface area (Å²) in [7, 11) is 0. The number of fused-ring (bicyclic) bond motifs is 3. The first-order valence-electron chi connectivity index (χ1n) is 6.79. The summed E-state index contributed by atoms with van der Waals surface area (Å²) in [5, 5.41) is 19.8. The summed E-state index contributed by atoms with van der Waals surface area (Å²) in [5.74, 6) is 1.45. The molecule has 1 unspecified atom stereocenters. The largest absolute Gasteiger partial charge is 0.508 e. The van der Waals surface area contributed by atoms with E-state index in [-0.39, 0.29) is 23.0 Å². The highest BCUT2D eigenvalue weighted by Gasteiger charge is 2.45. The summed E-state index contributed by atoms with van der Waals surface area (Å²) in [5.41, 5.74) is 1.93. The first-order valence-corrected chi connectivity index (χ1v) is 6.79. The summed E-state index contributed by atoms with van der Waals surface area (Å²) in [6, 6.07) is 3.02. The summed E-state index contributed by atoms with van der Waals surface area (Å²) in [6.07, 6.45) is 4.20. The number of aromatic hydroxyl groups is 2. The van der Waals surface area contributed by atoms with Crippen molar-refractivity contribution in [3.63, 3.8) is 0 Å². The topological polar surface area (TPSA) is 49.7 Å². The Morgan fingerprint density at radius 1 is 1.26 bits per heavy atom. The molecule has 3 heteroatoms. The molecule has 102 valence electrons. The van der Waals surface area contributed by atoms with Gasteiger partial charge in [-0.2, -0.15) is 0 Å². The smallest absolute Gasteiger partial charge is 0.131 e. The lowest BCUT2D eigenvalue weighted by atomic mass is 9.67. The highest BCUT2D eigenvalue weighted by Crippen LogP contribution is 2.54. The van der Waals surface area contributed by atoms with Gasteiger partial charge in [-0.05, 0) is 33.6 Å². The van der Waals surface area contributed by atoms with Gasteiger partial charge in [0.1, 0.15) is 22.8 Å². The van der Waals surface area contributed by atoms with Crippen molar-refractivity contribution < 1.29 is 14.9 Å². The van der Waals surface area contributed by atoms with Crippen LogP contribution in [-0.2, 0) is 0 Å². The van der Waals surface area contributed by atoms with Crippen molar-refractivity contribution in [2.24, 2.45) is 5.92 Å². The Hall–Kier alpha value is -1.64. The van der Waals surface area contributed by atoms with Gasteiger partial charge in [-0.25, -0.2) is 0 Å². The van der Waals surface area contributed by atoms with Gasteiger partial charge in [-0.3, -0.25) is 0 Å². The van der Waals surface area contributed by atoms with Gasteiger partial charge in [-0.15, -0.1) is 0 Å². The molecule has 0 radical (unpaired) electrons. The fourth-order valence-corrected chi connectivity index (χ4v) is 3.55. The summed E-state index contributed by atoms with van der Waals surface area (Å²) in [6.45, 7) is 6.31. The van der Waals surface area contributed by atoms with Crippen molar-refractivity contribution in [3.8, 4) is 17.2 Å². The van der Waals surface area contributed by atoms with E-state index < -0.39 is 0 Å². The third kappa shape index (κ3) is 1.88. The number of phenols is 2. The van der Waals surface area contributed by atoms with Gasteiger partial charge in [-0.1, -0.05) is 11.6 Å². The van der Waals surface area contributed by atoms with Crippen LogP contribution in [0.25, 0.3) is 0 Å². The van der Waals surface area contributed by atoms with Crippen LogP contribution in [0.4, 0.5) is 0 Å². The highest BCUT2D eigenvalue weighted by atomic mass is 16.5.